The zero-order valence-corrected chi connectivity index (χ0v) is 10.6. The largest absolute Gasteiger partial charge is 0.152 e. The van der Waals surface area contributed by atoms with Crippen LogP contribution >= 0.6 is 0 Å². The first-order valence-corrected chi connectivity index (χ1v) is 6.20. The molecule has 2 aromatic rings. The van der Waals surface area contributed by atoms with Gasteiger partial charge in [0, 0.05) is 0 Å². The highest BCUT2D eigenvalue weighted by Crippen LogP contribution is 2.06. The van der Waals surface area contributed by atoms with Crippen LogP contribution in [-0.2, 0) is 6.42 Å². The Balaban J connectivity index is 1.88. The lowest BCUT2D eigenvalue weighted by Crippen LogP contribution is -2.17. The van der Waals surface area contributed by atoms with Crippen molar-refractivity contribution < 1.29 is 0 Å². The van der Waals surface area contributed by atoms with Gasteiger partial charge in [-0.1, -0.05) is 71.4 Å². The fourth-order valence-corrected chi connectivity index (χ4v) is 1.96. The first-order chi connectivity index (χ1) is 8.25. The van der Waals surface area contributed by atoms with Gasteiger partial charge in [-0.2, -0.15) is 0 Å². The minimum atomic E-state index is 1.11. The molecule has 1 heteroatoms. The van der Waals surface area contributed by atoms with Gasteiger partial charge in [-0.15, -0.1) is 0 Å². The summed E-state index contributed by atoms with van der Waals surface area (Å²) in [6.07, 6.45) is 2.22. The topological polar surface area (TPSA) is 0 Å². The van der Waals surface area contributed by atoms with E-state index in [1.807, 2.05) is 0 Å². The first-order valence-electron chi connectivity index (χ1n) is 6.20. The van der Waals surface area contributed by atoms with Crippen LogP contribution in [0.1, 0.15) is 16.7 Å². The van der Waals surface area contributed by atoms with E-state index in [1.54, 1.807) is 0 Å². The summed E-state index contributed by atoms with van der Waals surface area (Å²) in [4.78, 5) is 0. The van der Waals surface area contributed by atoms with Gasteiger partial charge in [0.15, 0.2) is 7.28 Å². The molecule has 0 unspecified atom stereocenters. The van der Waals surface area contributed by atoms with E-state index in [4.69, 9.17) is 0 Å². The van der Waals surface area contributed by atoms with Gasteiger partial charge >= 0.3 is 0 Å². The van der Waals surface area contributed by atoms with Crippen molar-refractivity contribution in [2.24, 2.45) is 0 Å². The molecule has 2 rings (SSSR count). The quantitative estimate of drug-likeness (QED) is 0.695. The van der Waals surface area contributed by atoms with E-state index in [2.05, 4.69) is 69.7 Å². The third-order valence-corrected chi connectivity index (χ3v) is 3.11. The lowest BCUT2D eigenvalue weighted by molar-refractivity contribution is 1.12. The Morgan fingerprint density at radius 3 is 2.29 bits per heavy atom. The predicted molar refractivity (Wildman–Crippen MR) is 76.3 cm³/mol. The van der Waals surface area contributed by atoms with Gasteiger partial charge in [0.1, 0.15) is 0 Å². The summed E-state index contributed by atoms with van der Waals surface area (Å²) in [5, 5.41) is 0. The van der Waals surface area contributed by atoms with E-state index >= 15 is 0 Å². The maximum absolute atomic E-state index is 2.33. The zero-order valence-electron chi connectivity index (χ0n) is 10.6. The van der Waals surface area contributed by atoms with E-state index in [1.165, 1.54) is 22.2 Å². The summed E-state index contributed by atoms with van der Waals surface area (Å²) >= 11 is 0. The van der Waals surface area contributed by atoms with E-state index in [0.717, 1.165) is 12.7 Å². The van der Waals surface area contributed by atoms with Crippen molar-refractivity contribution in [2.45, 2.75) is 26.6 Å². The second kappa shape index (κ2) is 5.72. The van der Waals surface area contributed by atoms with Crippen LogP contribution in [0.15, 0.2) is 48.5 Å². The third kappa shape index (κ3) is 3.49. The van der Waals surface area contributed by atoms with E-state index < -0.39 is 0 Å². The number of rotatable bonds is 4. The molecule has 0 aliphatic rings. The molecule has 0 aliphatic carbocycles. The summed E-state index contributed by atoms with van der Waals surface area (Å²) in [6, 6.07) is 17.4. The molecule has 1 radical (unpaired) electrons. The Kier molecular flexibility index (Phi) is 4.03. The molecule has 0 nitrogen and oxygen atoms in total. The molecule has 0 spiro atoms. The van der Waals surface area contributed by atoms with Crippen LogP contribution in [0.25, 0.3) is 0 Å². The van der Waals surface area contributed by atoms with Crippen LogP contribution < -0.4 is 5.46 Å². The molecule has 0 saturated carbocycles. The third-order valence-electron chi connectivity index (χ3n) is 3.11. The van der Waals surface area contributed by atoms with Gasteiger partial charge in [0.05, 0.1) is 0 Å². The summed E-state index contributed by atoms with van der Waals surface area (Å²) in [5.74, 6) is 0. The molecule has 85 valence electrons. The van der Waals surface area contributed by atoms with E-state index in [-0.39, 0.29) is 0 Å². The number of hydrogen-bond donors (Lipinski definition) is 0. The molecule has 0 amide bonds. The van der Waals surface area contributed by atoms with Gasteiger partial charge in [-0.05, 0) is 25.8 Å². The minimum Gasteiger partial charge on any atom is -0.0849 e. The molecule has 17 heavy (non-hydrogen) atoms. The highest BCUT2D eigenvalue weighted by Gasteiger charge is 1.99. The fraction of sp³-hybridized carbons (Fsp3) is 0.250. The normalized spacial score (nSPS) is 10.2. The fourth-order valence-electron chi connectivity index (χ4n) is 1.96. The number of hydrogen-bond acceptors (Lipinski definition) is 0. The highest BCUT2D eigenvalue weighted by atomic mass is 13.9. The van der Waals surface area contributed by atoms with Crippen molar-refractivity contribution in [3.63, 3.8) is 0 Å². The monoisotopic (exact) mass is 221 g/mol. The Hall–Kier alpha value is -1.50. The minimum absolute atomic E-state index is 1.11. The molecule has 0 fully saturated rings. The maximum atomic E-state index is 2.33. The van der Waals surface area contributed by atoms with Crippen molar-refractivity contribution in [1.29, 1.82) is 0 Å². The van der Waals surface area contributed by atoms with Gasteiger partial charge in [0.2, 0.25) is 0 Å². The predicted octanol–water partition coefficient (Wildman–Crippen LogP) is 3.29. The molecule has 0 heterocycles. The molecule has 0 aliphatic heterocycles. The second-order valence-electron chi connectivity index (χ2n) is 4.58. The SMILES string of the molecule is Cc1ccc(CC[B]c2ccccc2C)cc1. The Bertz CT molecular complexity index is 471. The van der Waals surface area contributed by atoms with Crippen molar-refractivity contribution >= 4 is 12.7 Å². The summed E-state index contributed by atoms with van der Waals surface area (Å²) in [7, 11) is 2.33. The number of benzene rings is 2. The van der Waals surface area contributed by atoms with Crippen molar-refractivity contribution in [2.75, 3.05) is 0 Å². The average Bonchev–Trinajstić information content (AvgIpc) is 2.34. The van der Waals surface area contributed by atoms with E-state index in [0.29, 0.717) is 0 Å². The van der Waals surface area contributed by atoms with E-state index in [9.17, 15) is 0 Å². The second-order valence-corrected chi connectivity index (χ2v) is 4.58. The smallest absolute Gasteiger partial charge is 0.0849 e. The van der Waals surface area contributed by atoms with Gasteiger partial charge in [-0.25, -0.2) is 0 Å². The van der Waals surface area contributed by atoms with Gasteiger partial charge in [-0.3, -0.25) is 0 Å². The molecule has 0 N–H and O–H groups in total. The zero-order chi connectivity index (χ0) is 12.1. The van der Waals surface area contributed by atoms with Crippen molar-refractivity contribution in [1.82, 2.24) is 0 Å². The van der Waals surface area contributed by atoms with Crippen LogP contribution in [-0.4, -0.2) is 7.28 Å². The van der Waals surface area contributed by atoms with Crippen LogP contribution in [0.4, 0.5) is 0 Å². The Labute approximate surface area is 105 Å². The van der Waals surface area contributed by atoms with Crippen LogP contribution in [0.3, 0.4) is 0 Å². The molecule has 0 saturated heterocycles. The molecule has 0 bridgehead atoms. The van der Waals surface area contributed by atoms with Crippen LogP contribution in [0.2, 0.25) is 6.32 Å². The number of aryl methyl sites for hydroxylation is 3. The van der Waals surface area contributed by atoms with Crippen LogP contribution in [0.5, 0.6) is 0 Å². The summed E-state index contributed by atoms with van der Waals surface area (Å²) < 4.78 is 0. The molecular formula is C16H18B. The van der Waals surface area contributed by atoms with Gasteiger partial charge < -0.3 is 0 Å². The standard InChI is InChI=1S/C16H18B/c1-13-7-9-15(10-8-13)11-12-17-16-6-4-3-5-14(16)2/h3-10H,11-12H2,1-2H3. The van der Waals surface area contributed by atoms with Crippen molar-refractivity contribution in [3.05, 3.63) is 65.2 Å². The lowest BCUT2D eigenvalue weighted by Gasteiger charge is -2.04. The average molecular weight is 221 g/mol. The Morgan fingerprint density at radius 2 is 1.59 bits per heavy atom. The first kappa shape index (κ1) is 12.0. The molecule has 2 aromatic carbocycles. The summed E-state index contributed by atoms with van der Waals surface area (Å²) in [5.41, 5.74) is 5.47. The molecular weight excluding hydrogens is 203 g/mol. The Morgan fingerprint density at radius 1 is 0.882 bits per heavy atom. The van der Waals surface area contributed by atoms with Crippen LogP contribution in [0, 0.1) is 13.8 Å². The highest BCUT2D eigenvalue weighted by molar-refractivity contribution is 6.54. The van der Waals surface area contributed by atoms with Crippen molar-refractivity contribution in [3.8, 4) is 0 Å². The van der Waals surface area contributed by atoms with Gasteiger partial charge in [0.25, 0.3) is 0 Å². The molecule has 0 aromatic heterocycles. The molecule has 0 atom stereocenters. The summed E-state index contributed by atoms with van der Waals surface area (Å²) in [6.45, 7) is 4.29. The lowest BCUT2D eigenvalue weighted by atomic mass is 9.64. The maximum Gasteiger partial charge on any atom is 0.152 e.